The fourth-order valence-electron chi connectivity index (χ4n) is 1.57. The quantitative estimate of drug-likeness (QED) is 0.365. The highest BCUT2D eigenvalue weighted by molar-refractivity contribution is 5.95. The molecule has 1 amide bonds. The standard InChI is InChI=1S/C13H10N4O5/c14-12(19)11-13(16-7-15-11)22-10(18)5-4-8-2-1-3-9(6-8)17(20)21/h1-7H,(H2,14,19)(H,15,16). The van der Waals surface area contributed by atoms with Crippen molar-refractivity contribution in [3.05, 3.63) is 58.0 Å². The monoisotopic (exact) mass is 302 g/mol. The number of carbonyl (C=O) groups is 2. The number of carbonyl (C=O) groups excluding carboxylic acids is 2. The molecule has 0 fully saturated rings. The summed E-state index contributed by atoms with van der Waals surface area (Å²) in [5.74, 6) is -1.86. The number of primary amides is 1. The third-order valence-corrected chi connectivity index (χ3v) is 2.54. The van der Waals surface area contributed by atoms with E-state index < -0.39 is 16.8 Å². The molecule has 9 nitrogen and oxygen atoms in total. The number of hydrogen-bond acceptors (Lipinski definition) is 6. The highest BCUT2D eigenvalue weighted by atomic mass is 16.6. The van der Waals surface area contributed by atoms with Crippen molar-refractivity contribution < 1.29 is 19.2 Å². The first-order valence-corrected chi connectivity index (χ1v) is 5.95. The van der Waals surface area contributed by atoms with Gasteiger partial charge in [0, 0.05) is 18.2 Å². The number of amides is 1. The Morgan fingerprint density at radius 1 is 1.41 bits per heavy atom. The van der Waals surface area contributed by atoms with Gasteiger partial charge in [0.1, 0.15) is 0 Å². The van der Waals surface area contributed by atoms with Crippen molar-refractivity contribution in [3.63, 3.8) is 0 Å². The number of H-pyrrole nitrogens is 1. The maximum absolute atomic E-state index is 11.6. The summed E-state index contributed by atoms with van der Waals surface area (Å²) >= 11 is 0. The second kappa shape index (κ2) is 6.31. The van der Waals surface area contributed by atoms with Crippen molar-refractivity contribution in [2.24, 2.45) is 5.73 Å². The Labute approximate surface area is 123 Å². The molecule has 0 aliphatic heterocycles. The minimum atomic E-state index is -0.817. The van der Waals surface area contributed by atoms with Crippen molar-refractivity contribution in [2.45, 2.75) is 0 Å². The van der Waals surface area contributed by atoms with E-state index >= 15 is 0 Å². The van der Waals surface area contributed by atoms with Gasteiger partial charge in [-0.15, -0.1) is 0 Å². The van der Waals surface area contributed by atoms with Crippen LogP contribution in [0.25, 0.3) is 6.08 Å². The van der Waals surface area contributed by atoms with Gasteiger partial charge in [-0.2, -0.15) is 0 Å². The lowest BCUT2D eigenvalue weighted by Crippen LogP contribution is -2.14. The Morgan fingerprint density at radius 2 is 2.18 bits per heavy atom. The van der Waals surface area contributed by atoms with Gasteiger partial charge in [-0.1, -0.05) is 12.1 Å². The van der Waals surface area contributed by atoms with E-state index in [1.165, 1.54) is 24.3 Å². The summed E-state index contributed by atoms with van der Waals surface area (Å²) in [6.07, 6.45) is 3.55. The average Bonchev–Trinajstić information content (AvgIpc) is 2.93. The van der Waals surface area contributed by atoms with Gasteiger partial charge in [0.05, 0.1) is 11.3 Å². The SMILES string of the molecule is NC(=O)c1[nH]cnc1OC(=O)C=Cc1cccc([N+](=O)[O-])c1. The van der Waals surface area contributed by atoms with Crippen LogP contribution in [-0.4, -0.2) is 26.8 Å². The molecule has 3 N–H and O–H groups in total. The van der Waals surface area contributed by atoms with Crippen molar-refractivity contribution in [3.8, 4) is 5.88 Å². The summed E-state index contributed by atoms with van der Waals surface area (Å²) in [7, 11) is 0. The molecule has 0 aliphatic rings. The van der Waals surface area contributed by atoms with Gasteiger partial charge in [0.15, 0.2) is 5.69 Å². The summed E-state index contributed by atoms with van der Waals surface area (Å²) in [5, 5.41) is 10.6. The van der Waals surface area contributed by atoms with Gasteiger partial charge in [-0.05, 0) is 11.6 Å². The van der Waals surface area contributed by atoms with Crippen LogP contribution in [0.4, 0.5) is 5.69 Å². The van der Waals surface area contributed by atoms with Crippen LogP contribution < -0.4 is 10.5 Å². The minimum Gasteiger partial charge on any atom is -0.402 e. The van der Waals surface area contributed by atoms with Crippen molar-refractivity contribution >= 4 is 23.6 Å². The molecule has 0 saturated heterocycles. The van der Waals surface area contributed by atoms with E-state index in [1.54, 1.807) is 6.07 Å². The van der Waals surface area contributed by atoms with Crippen LogP contribution in [0.5, 0.6) is 5.88 Å². The number of hydrogen-bond donors (Lipinski definition) is 2. The van der Waals surface area contributed by atoms with Gasteiger partial charge in [0.2, 0.25) is 0 Å². The van der Waals surface area contributed by atoms with Crippen LogP contribution in [0.3, 0.4) is 0 Å². The van der Waals surface area contributed by atoms with Crippen LogP contribution in [0.1, 0.15) is 16.1 Å². The smallest absolute Gasteiger partial charge is 0.337 e. The predicted molar refractivity (Wildman–Crippen MR) is 74.9 cm³/mol. The number of esters is 1. The summed E-state index contributed by atoms with van der Waals surface area (Å²) in [6, 6.07) is 5.70. The second-order valence-electron chi connectivity index (χ2n) is 4.05. The summed E-state index contributed by atoms with van der Waals surface area (Å²) in [5.41, 5.74) is 5.28. The molecule has 1 heterocycles. The van der Waals surface area contributed by atoms with Crippen molar-refractivity contribution in [1.29, 1.82) is 0 Å². The minimum absolute atomic E-state index is 0.0983. The van der Waals surface area contributed by atoms with Crippen molar-refractivity contribution in [2.75, 3.05) is 0 Å². The second-order valence-corrected chi connectivity index (χ2v) is 4.05. The molecular formula is C13H10N4O5. The highest BCUT2D eigenvalue weighted by Gasteiger charge is 2.14. The lowest BCUT2D eigenvalue weighted by molar-refractivity contribution is -0.384. The topological polar surface area (TPSA) is 141 Å². The fraction of sp³-hybridized carbons (Fsp3) is 0. The van der Waals surface area contributed by atoms with E-state index in [-0.39, 0.29) is 17.3 Å². The van der Waals surface area contributed by atoms with Crippen LogP contribution in [0.2, 0.25) is 0 Å². The Bertz CT molecular complexity index is 765. The molecule has 0 saturated carbocycles. The molecule has 0 aliphatic carbocycles. The maximum atomic E-state index is 11.6. The van der Waals surface area contributed by atoms with Gasteiger partial charge >= 0.3 is 5.97 Å². The van der Waals surface area contributed by atoms with E-state index in [0.29, 0.717) is 5.56 Å². The molecule has 9 heteroatoms. The number of nitro groups is 1. The number of imidazole rings is 1. The number of aromatic nitrogens is 2. The number of nitrogens with zero attached hydrogens (tertiary/aromatic N) is 2. The molecule has 0 radical (unpaired) electrons. The zero-order valence-corrected chi connectivity index (χ0v) is 11.1. The number of ether oxygens (including phenoxy) is 1. The Hall–Kier alpha value is -3.49. The van der Waals surface area contributed by atoms with Crippen LogP contribution >= 0.6 is 0 Å². The largest absolute Gasteiger partial charge is 0.402 e. The maximum Gasteiger partial charge on any atom is 0.337 e. The van der Waals surface area contributed by atoms with Gasteiger partial charge in [-0.25, -0.2) is 9.78 Å². The zero-order valence-electron chi connectivity index (χ0n) is 11.1. The third-order valence-electron chi connectivity index (χ3n) is 2.54. The number of non-ortho nitro benzene ring substituents is 1. The van der Waals surface area contributed by atoms with Crippen molar-refractivity contribution in [1.82, 2.24) is 9.97 Å². The molecule has 0 unspecified atom stereocenters. The Morgan fingerprint density at radius 3 is 2.86 bits per heavy atom. The first-order valence-electron chi connectivity index (χ1n) is 5.95. The van der Waals surface area contributed by atoms with Crippen LogP contribution in [0, 0.1) is 10.1 Å². The van der Waals surface area contributed by atoms with Crippen LogP contribution in [0.15, 0.2) is 36.7 Å². The molecule has 0 spiro atoms. The molecule has 0 bridgehead atoms. The molecule has 22 heavy (non-hydrogen) atoms. The Balaban J connectivity index is 2.08. The van der Waals surface area contributed by atoms with E-state index in [4.69, 9.17) is 10.5 Å². The third kappa shape index (κ3) is 3.54. The number of rotatable bonds is 5. The number of benzene rings is 1. The summed E-state index contributed by atoms with van der Waals surface area (Å²) in [4.78, 5) is 38.8. The Kier molecular flexibility index (Phi) is 4.27. The molecule has 1 aromatic heterocycles. The first kappa shape index (κ1) is 14.9. The number of nitro benzene ring substituents is 1. The molecular weight excluding hydrogens is 292 g/mol. The number of aromatic amines is 1. The van der Waals surface area contributed by atoms with E-state index in [1.807, 2.05) is 0 Å². The van der Waals surface area contributed by atoms with E-state index in [0.717, 1.165) is 12.4 Å². The summed E-state index contributed by atoms with van der Waals surface area (Å²) in [6.45, 7) is 0. The highest BCUT2D eigenvalue weighted by Crippen LogP contribution is 2.15. The lowest BCUT2D eigenvalue weighted by Gasteiger charge is -1.98. The predicted octanol–water partition coefficient (Wildman–Crippen LogP) is 1.04. The zero-order chi connectivity index (χ0) is 16.1. The number of nitrogens with one attached hydrogen (secondary N) is 1. The lowest BCUT2D eigenvalue weighted by atomic mass is 10.2. The van der Waals surface area contributed by atoms with Crippen LogP contribution in [-0.2, 0) is 4.79 Å². The van der Waals surface area contributed by atoms with E-state index in [9.17, 15) is 19.7 Å². The van der Waals surface area contributed by atoms with Gasteiger partial charge < -0.3 is 15.5 Å². The average molecular weight is 302 g/mol. The summed E-state index contributed by atoms with van der Waals surface area (Å²) < 4.78 is 4.84. The van der Waals surface area contributed by atoms with Gasteiger partial charge in [0.25, 0.3) is 17.5 Å². The number of nitrogens with two attached hydrogens (primary N) is 1. The normalized spacial score (nSPS) is 10.5. The molecule has 112 valence electrons. The van der Waals surface area contributed by atoms with Gasteiger partial charge in [-0.3, -0.25) is 14.9 Å². The molecule has 2 rings (SSSR count). The molecule has 2 aromatic rings. The fourth-order valence-corrected chi connectivity index (χ4v) is 1.57. The van der Waals surface area contributed by atoms with E-state index in [2.05, 4.69) is 9.97 Å². The molecule has 1 aromatic carbocycles. The first-order chi connectivity index (χ1) is 10.5. The molecule has 0 atom stereocenters.